The molecule has 0 atom stereocenters. The highest BCUT2D eigenvalue weighted by molar-refractivity contribution is 7.92. The van der Waals surface area contributed by atoms with E-state index in [1.165, 1.54) is 36.4 Å². The van der Waals surface area contributed by atoms with Crippen LogP contribution in [0.4, 0.5) is 28.9 Å². The predicted octanol–water partition coefficient (Wildman–Crippen LogP) is 5.33. The zero-order valence-corrected chi connectivity index (χ0v) is 17.7. The standard InChI is InChI=1S/C21H15ClF4N2O3S/c22-18-11-6-14(21(24,25)26)12-19(18)27-20(29)13-28(16-9-7-15(23)8-10-16)32(30,31)17-4-2-1-3-5-17/h1-12H,13H2,(H,27,29). The van der Waals surface area contributed by atoms with E-state index in [9.17, 15) is 30.8 Å². The largest absolute Gasteiger partial charge is 0.416 e. The van der Waals surface area contributed by atoms with Gasteiger partial charge in [0, 0.05) is 0 Å². The lowest BCUT2D eigenvalue weighted by Gasteiger charge is -2.24. The molecule has 32 heavy (non-hydrogen) atoms. The first-order valence-corrected chi connectivity index (χ1v) is 10.8. The molecular formula is C21H15ClF4N2O3S. The van der Waals surface area contributed by atoms with Crippen LogP contribution in [0.25, 0.3) is 0 Å². The SMILES string of the molecule is O=C(CN(c1ccc(F)cc1)S(=O)(=O)c1ccccc1)Nc1cc(C(F)(F)F)ccc1Cl. The number of nitrogens with one attached hydrogen (secondary N) is 1. The predicted molar refractivity (Wildman–Crippen MR) is 112 cm³/mol. The lowest BCUT2D eigenvalue weighted by atomic mass is 10.2. The molecule has 0 bridgehead atoms. The molecule has 0 spiro atoms. The molecule has 0 aliphatic heterocycles. The Morgan fingerprint density at radius 1 is 0.969 bits per heavy atom. The number of halogens is 5. The maximum atomic E-state index is 13.3. The summed E-state index contributed by atoms with van der Waals surface area (Å²) >= 11 is 5.89. The molecule has 0 heterocycles. The molecule has 168 valence electrons. The smallest absolute Gasteiger partial charge is 0.323 e. The maximum absolute atomic E-state index is 13.3. The van der Waals surface area contributed by atoms with Crippen molar-refractivity contribution >= 4 is 38.9 Å². The first-order chi connectivity index (χ1) is 15.0. The summed E-state index contributed by atoms with van der Waals surface area (Å²) in [4.78, 5) is 12.5. The topological polar surface area (TPSA) is 66.5 Å². The number of rotatable bonds is 6. The van der Waals surface area contributed by atoms with Gasteiger partial charge in [0.15, 0.2) is 0 Å². The summed E-state index contributed by atoms with van der Waals surface area (Å²) in [6.45, 7) is -0.796. The highest BCUT2D eigenvalue weighted by Crippen LogP contribution is 2.34. The van der Waals surface area contributed by atoms with Gasteiger partial charge in [-0.05, 0) is 54.6 Å². The normalized spacial score (nSPS) is 11.8. The molecule has 0 aliphatic carbocycles. The van der Waals surface area contributed by atoms with Gasteiger partial charge in [0.25, 0.3) is 10.0 Å². The number of carbonyl (C=O) groups excluding carboxylic acids is 1. The molecule has 0 saturated heterocycles. The monoisotopic (exact) mass is 486 g/mol. The summed E-state index contributed by atoms with van der Waals surface area (Å²) in [5, 5.41) is 2.05. The molecule has 1 N–H and O–H groups in total. The van der Waals surface area contributed by atoms with Gasteiger partial charge in [0.2, 0.25) is 5.91 Å². The average Bonchev–Trinajstić information content (AvgIpc) is 2.74. The molecule has 1 amide bonds. The van der Waals surface area contributed by atoms with Crippen molar-refractivity contribution in [2.45, 2.75) is 11.1 Å². The Morgan fingerprint density at radius 2 is 1.59 bits per heavy atom. The highest BCUT2D eigenvalue weighted by atomic mass is 35.5. The van der Waals surface area contributed by atoms with Crippen LogP contribution >= 0.6 is 11.6 Å². The van der Waals surface area contributed by atoms with Crippen molar-refractivity contribution in [1.82, 2.24) is 0 Å². The van der Waals surface area contributed by atoms with Crippen molar-refractivity contribution in [3.8, 4) is 0 Å². The number of amides is 1. The minimum atomic E-state index is -4.67. The second-order valence-corrected chi connectivity index (χ2v) is 8.81. The second kappa shape index (κ2) is 9.17. The number of sulfonamides is 1. The molecule has 3 rings (SSSR count). The molecule has 0 aromatic heterocycles. The molecular weight excluding hydrogens is 472 g/mol. The molecule has 5 nitrogen and oxygen atoms in total. The van der Waals surface area contributed by atoms with Gasteiger partial charge in [-0.25, -0.2) is 12.8 Å². The number of hydrogen-bond acceptors (Lipinski definition) is 3. The summed E-state index contributed by atoms with van der Waals surface area (Å²) < 4.78 is 79.2. The van der Waals surface area contributed by atoms with Crippen molar-refractivity contribution in [3.05, 3.63) is 89.2 Å². The molecule has 0 aliphatic rings. The van der Waals surface area contributed by atoms with E-state index in [-0.39, 0.29) is 21.3 Å². The van der Waals surface area contributed by atoms with Crippen LogP contribution < -0.4 is 9.62 Å². The third-order valence-electron chi connectivity index (χ3n) is 4.30. The van der Waals surface area contributed by atoms with Gasteiger partial charge in [-0.1, -0.05) is 29.8 Å². The summed E-state index contributed by atoms with van der Waals surface area (Å²) in [6.07, 6.45) is -4.67. The van der Waals surface area contributed by atoms with Gasteiger partial charge in [0.05, 0.1) is 26.9 Å². The van der Waals surface area contributed by atoms with Crippen LogP contribution in [-0.2, 0) is 21.0 Å². The van der Waals surface area contributed by atoms with Gasteiger partial charge >= 0.3 is 6.18 Å². The molecule has 3 aromatic carbocycles. The summed E-state index contributed by atoms with van der Waals surface area (Å²) in [5.74, 6) is -1.57. The van der Waals surface area contributed by atoms with Crippen LogP contribution in [0.5, 0.6) is 0 Å². The van der Waals surface area contributed by atoms with Crippen molar-refractivity contribution in [2.24, 2.45) is 0 Å². The minimum Gasteiger partial charge on any atom is -0.323 e. The summed E-state index contributed by atoms with van der Waals surface area (Å²) in [6, 6.07) is 13.9. The van der Waals surface area contributed by atoms with Crippen LogP contribution in [0.15, 0.2) is 77.7 Å². The van der Waals surface area contributed by atoms with E-state index < -0.39 is 40.0 Å². The number of hydrogen-bond donors (Lipinski definition) is 1. The van der Waals surface area contributed by atoms with E-state index in [2.05, 4.69) is 5.32 Å². The molecule has 0 saturated carbocycles. The first kappa shape index (κ1) is 23.6. The number of benzene rings is 3. The second-order valence-electron chi connectivity index (χ2n) is 6.54. The Hall–Kier alpha value is -3.11. The maximum Gasteiger partial charge on any atom is 0.416 e. The number of carbonyl (C=O) groups is 1. The molecule has 0 radical (unpaired) electrons. The van der Waals surface area contributed by atoms with Crippen molar-refractivity contribution in [1.29, 1.82) is 0 Å². The van der Waals surface area contributed by atoms with Gasteiger partial charge < -0.3 is 5.32 Å². The average molecular weight is 487 g/mol. The lowest BCUT2D eigenvalue weighted by molar-refractivity contribution is -0.137. The van der Waals surface area contributed by atoms with Gasteiger partial charge in [-0.2, -0.15) is 13.2 Å². The van der Waals surface area contributed by atoms with Crippen molar-refractivity contribution in [2.75, 3.05) is 16.2 Å². The summed E-state index contributed by atoms with van der Waals surface area (Å²) in [5.41, 5.74) is -1.38. The van der Waals surface area contributed by atoms with Gasteiger partial charge in [-0.3, -0.25) is 9.10 Å². The van der Waals surface area contributed by atoms with E-state index in [1.807, 2.05) is 0 Å². The van der Waals surface area contributed by atoms with E-state index >= 15 is 0 Å². The van der Waals surface area contributed by atoms with E-state index in [0.717, 1.165) is 28.6 Å². The zero-order chi connectivity index (χ0) is 23.5. The Kier molecular flexibility index (Phi) is 6.75. The van der Waals surface area contributed by atoms with Crippen LogP contribution in [0.2, 0.25) is 5.02 Å². The van der Waals surface area contributed by atoms with E-state index in [4.69, 9.17) is 11.6 Å². The van der Waals surface area contributed by atoms with Crippen LogP contribution in [0, 0.1) is 5.82 Å². The van der Waals surface area contributed by atoms with Crippen LogP contribution in [-0.4, -0.2) is 20.9 Å². The van der Waals surface area contributed by atoms with Gasteiger partial charge in [0.1, 0.15) is 12.4 Å². The summed E-state index contributed by atoms with van der Waals surface area (Å²) in [7, 11) is -4.26. The van der Waals surface area contributed by atoms with Gasteiger partial charge in [-0.15, -0.1) is 0 Å². The molecule has 0 unspecified atom stereocenters. The van der Waals surface area contributed by atoms with Crippen molar-refractivity contribution in [3.63, 3.8) is 0 Å². The fourth-order valence-corrected chi connectivity index (χ4v) is 4.37. The quantitative estimate of drug-likeness (QED) is 0.479. The Bertz CT molecular complexity index is 1220. The number of nitrogens with zero attached hydrogens (tertiary/aromatic N) is 1. The number of alkyl halides is 3. The number of anilines is 2. The third kappa shape index (κ3) is 5.38. The fraction of sp³-hybridized carbons (Fsp3) is 0.0952. The molecule has 11 heteroatoms. The van der Waals surface area contributed by atoms with Crippen LogP contribution in [0.3, 0.4) is 0 Å². The fourth-order valence-electron chi connectivity index (χ4n) is 2.76. The third-order valence-corrected chi connectivity index (χ3v) is 6.42. The van der Waals surface area contributed by atoms with Crippen LogP contribution in [0.1, 0.15) is 5.56 Å². The first-order valence-electron chi connectivity index (χ1n) is 8.98. The Balaban J connectivity index is 1.94. The molecule has 0 fully saturated rings. The van der Waals surface area contributed by atoms with E-state index in [0.29, 0.717) is 6.07 Å². The highest BCUT2D eigenvalue weighted by Gasteiger charge is 2.32. The van der Waals surface area contributed by atoms with Crippen molar-refractivity contribution < 1.29 is 30.8 Å². The molecule has 3 aromatic rings. The lowest BCUT2D eigenvalue weighted by Crippen LogP contribution is -2.38. The minimum absolute atomic E-state index is 0.0134. The zero-order valence-electron chi connectivity index (χ0n) is 16.1. The Labute approximate surface area is 186 Å². The Morgan fingerprint density at radius 3 is 2.19 bits per heavy atom. The van der Waals surface area contributed by atoms with E-state index in [1.54, 1.807) is 6.07 Å².